The molecule has 0 atom stereocenters. The highest BCUT2D eigenvalue weighted by molar-refractivity contribution is 5.74. The van der Waals surface area contributed by atoms with E-state index in [1.54, 1.807) is 0 Å². The zero-order chi connectivity index (χ0) is 19.3. The summed E-state index contributed by atoms with van der Waals surface area (Å²) in [5, 5.41) is 1.94. The zero-order valence-corrected chi connectivity index (χ0v) is 14.8. The van der Waals surface area contributed by atoms with Gasteiger partial charge in [0, 0.05) is 26.2 Å². The molecular formula is C20H22F3N3O. The van der Waals surface area contributed by atoms with Crippen LogP contribution in [0.15, 0.2) is 60.7 Å². The van der Waals surface area contributed by atoms with Gasteiger partial charge in [-0.15, -0.1) is 0 Å². The molecule has 0 spiro atoms. The first-order valence-electron chi connectivity index (χ1n) is 8.87. The minimum atomic E-state index is -4.40. The van der Waals surface area contributed by atoms with Gasteiger partial charge in [-0.05, 0) is 11.1 Å². The van der Waals surface area contributed by atoms with Gasteiger partial charge in [0.15, 0.2) is 0 Å². The van der Waals surface area contributed by atoms with Crippen molar-refractivity contribution < 1.29 is 18.0 Å². The molecule has 0 radical (unpaired) electrons. The molecule has 2 aromatic carbocycles. The van der Waals surface area contributed by atoms with Crippen LogP contribution in [0, 0.1) is 0 Å². The number of alkyl halides is 3. The maximum atomic E-state index is 12.3. The van der Waals surface area contributed by atoms with E-state index in [0.29, 0.717) is 26.2 Å². The summed E-state index contributed by atoms with van der Waals surface area (Å²) >= 11 is 0. The van der Waals surface area contributed by atoms with Gasteiger partial charge in [-0.2, -0.15) is 13.2 Å². The molecule has 1 aliphatic heterocycles. The predicted molar refractivity (Wildman–Crippen MR) is 97.3 cm³/mol. The number of carbonyl (C=O) groups excluding carboxylic acids is 1. The first-order chi connectivity index (χ1) is 12.9. The second kappa shape index (κ2) is 8.43. The van der Waals surface area contributed by atoms with Crippen molar-refractivity contribution in [2.24, 2.45) is 0 Å². The zero-order valence-electron chi connectivity index (χ0n) is 14.8. The van der Waals surface area contributed by atoms with Crippen LogP contribution in [0.25, 0.3) is 0 Å². The van der Waals surface area contributed by atoms with Gasteiger partial charge in [0.05, 0.1) is 6.04 Å². The van der Waals surface area contributed by atoms with E-state index >= 15 is 0 Å². The summed E-state index contributed by atoms with van der Waals surface area (Å²) in [6, 6.07) is 19.6. The van der Waals surface area contributed by atoms with Crippen molar-refractivity contribution in [2.45, 2.75) is 12.2 Å². The Balaban J connectivity index is 1.68. The Bertz CT molecular complexity index is 690. The average Bonchev–Trinajstić information content (AvgIpc) is 2.68. The Hall–Kier alpha value is -2.54. The fourth-order valence-corrected chi connectivity index (χ4v) is 3.36. The molecule has 1 saturated heterocycles. The van der Waals surface area contributed by atoms with Crippen LogP contribution in [-0.4, -0.2) is 54.7 Å². The second-order valence-corrected chi connectivity index (χ2v) is 6.52. The molecule has 1 heterocycles. The third kappa shape index (κ3) is 5.23. The van der Waals surface area contributed by atoms with Gasteiger partial charge < -0.3 is 10.2 Å². The number of halogens is 3. The first kappa shape index (κ1) is 19.2. The van der Waals surface area contributed by atoms with E-state index in [4.69, 9.17) is 0 Å². The Labute approximate surface area is 156 Å². The maximum Gasteiger partial charge on any atom is 0.405 e. The molecule has 4 nitrogen and oxygen atoms in total. The molecule has 0 unspecified atom stereocenters. The summed E-state index contributed by atoms with van der Waals surface area (Å²) in [6.07, 6.45) is -4.40. The van der Waals surface area contributed by atoms with Crippen LogP contribution in [0.5, 0.6) is 0 Å². The van der Waals surface area contributed by atoms with E-state index in [2.05, 4.69) is 29.2 Å². The Kier molecular flexibility index (Phi) is 6.01. The lowest BCUT2D eigenvalue weighted by Crippen LogP contribution is -2.53. The molecular weight excluding hydrogens is 355 g/mol. The lowest BCUT2D eigenvalue weighted by Gasteiger charge is -2.39. The predicted octanol–water partition coefficient (Wildman–Crippen LogP) is 3.67. The van der Waals surface area contributed by atoms with E-state index < -0.39 is 18.8 Å². The fraction of sp³-hybridized carbons (Fsp3) is 0.350. The SMILES string of the molecule is O=C(NCC(F)(F)F)N1CCN(C(c2ccccc2)c2ccccc2)CC1. The van der Waals surface area contributed by atoms with E-state index in [9.17, 15) is 18.0 Å². The van der Waals surface area contributed by atoms with Crippen LogP contribution in [-0.2, 0) is 0 Å². The Morgan fingerprint density at radius 1 is 0.889 bits per heavy atom. The van der Waals surface area contributed by atoms with Crippen molar-refractivity contribution in [2.75, 3.05) is 32.7 Å². The largest absolute Gasteiger partial charge is 0.405 e. The number of nitrogens with zero attached hydrogens (tertiary/aromatic N) is 2. The highest BCUT2D eigenvalue weighted by atomic mass is 19.4. The van der Waals surface area contributed by atoms with Crippen molar-refractivity contribution >= 4 is 6.03 Å². The van der Waals surface area contributed by atoms with Crippen LogP contribution in [0.3, 0.4) is 0 Å². The topological polar surface area (TPSA) is 35.6 Å². The van der Waals surface area contributed by atoms with Crippen LogP contribution >= 0.6 is 0 Å². The van der Waals surface area contributed by atoms with E-state index in [1.807, 2.05) is 41.7 Å². The molecule has 2 amide bonds. The smallest absolute Gasteiger partial charge is 0.329 e. The lowest BCUT2D eigenvalue weighted by atomic mass is 9.96. The first-order valence-corrected chi connectivity index (χ1v) is 8.87. The molecule has 0 aliphatic carbocycles. The minimum absolute atomic E-state index is 0.0489. The quantitative estimate of drug-likeness (QED) is 0.883. The normalized spacial score (nSPS) is 15.8. The summed E-state index contributed by atoms with van der Waals surface area (Å²) in [5.74, 6) is 0. The Morgan fingerprint density at radius 2 is 1.37 bits per heavy atom. The molecule has 27 heavy (non-hydrogen) atoms. The van der Waals surface area contributed by atoms with Crippen molar-refractivity contribution in [3.63, 3.8) is 0 Å². The third-order valence-corrected chi connectivity index (χ3v) is 4.64. The Morgan fingerprint density at radius 3 is 1.81 bits per heavy atom. The standard InChI is InChI=1S/C20H22F3N3O/c21-20(22,23)15-24-19(27)26-13-11-25(12-14-26)18(16-7-3-1-4-8-16)17-9-5-2-6-10-17/h1-10,18H,11-15H2,(H,24,27). The van der Waals surface area contributed by atoms with Gasteiger partial charge in [0.25, 0.3) is 0 Å². The van der Waals surface area contributed by atoms with Crippen LogP contribution in [0.1, 0.15) is 17.2 Å². The number of piperazine rings is 1. The molecule has 1 N–H and O–H groups in total. The summed E-state index contributed by atoms with van der Waals surface area (Å²) in [6.45, 7) is 0.657. The van der Waals surface area contributed by atoms with Gasteiger partial charge in [0.2, 0.25) is 0 Å². The molecule has 7 heteroatoms. The van der Waals surface area contributed by atoms with Gasteiger partial charge in [-0.1, -0.05) is 60.7 Å². The molecule has 1 aliphatic rings. The van der Waals surface area contributed by atoms with Gasteiger partial charge in [0.1, 0.15) is 6.54 Å². The third-order valence-electron chi connectivity index (χ3n) is 4.64. The highest BCUT2D eigenvalue weighted by Gasteiger charge is 2.31. The summed E-state index contributed by atoms with van der Waals surface area (Å²) in [7, 11) is 0. The van der Waals surface area contributed by atoms with Gasteiger partial charge >= 0.3 is 12.2 Å². The monoisotopic (exact) mass is 377 g/mol. The van der Waals surface area contributed by atoms with E-state index in [-0.39, 0.29) is 6.04 Å². The average molecular weight is 377 g/mol. The van der Waals surface area contributed by atoms with Crippen LogP contribution in [0.4, 0.5) is 18.0 Å². The van der Waals surface area contributed by atoms with Gasteiger partial charge in [-0.25, -0.2) is 4.79 Å². The summed E-state index contributed by atoms with van der Waals surface area (Å²) in [4.78, 5) is 15.7. The van der Waals surface area contributed by atoms with E-state index in [0.717, 1.165) is 11.1 Å². The van der Waals surface area contributed by atoms with E-state index in [1.165, 1.54) is 4.90 Å². The van der Waals surface area contributed by atoms with Crippen molar-refractivity contribution in [1.82, 2.24) is 15.1 Å². The molecule has 1 fully saturated rings. The molecule has 0 bridgehead atoms. The molecule has 2 aromatic rings. The fourth-order valence-electron chi connectivity index (χ4n) is 3.36. The number of amides is 2. The number of carbonyl (C=O) groups is 1. The molecule has 3 rings (SSSR count). The maximum absolute atomic E-state index is 12.3. The number of hydrogen-bond acceptors (Lipinski definition) is 2. The lowest BCUT2D eigenvalue weighted by molar-refractivity contribution is -0.123. The molecule has 0 saturated carbocycles. The number of rotatable bonds is 4. The van der Waals surface area contributed by atoms with Crippen LogP contribution < -0.4 is 5.32 Å². The van der Waals surface area contributed by atoms with Crippen LogP contribution in [0.2, 0.25) is 0 Å². The second-order valence-electron chi connectivity index (χ2n) is 6.52. The summed E-state index contributed by atoms with van der Waals surface area (Å²) in [5.41, 5.74) is 2.30. The number of hydrogen-bond donors (Lipinski definition) is 1. The molecule has 144 valence electrons. The number of benzene rings is 2. The van der Waals surface area contributed by atoms with Crippen molar-refractivity contribution in [1.29, 1.82) is 0 Å². The highest BCUT2D eigenvalue weighted by Crippen LogP contribution is 2.29. The minimum Gasteiger partial charge on any atom is -0.329 e. The summed E-state index contributed by atoms with van der Waals surface area (Å²) < 4.78 is 36.9. The number of urea groups is 1. The van der Waals surface area contributed by atoms with Crippen molar-refractivity contribution in [3.8, 4) is 0 Å². The van der Waals surface area contributed by atoms with Gasteiger partial charge in [-0.3, -0.25) is 4.90 Å². The molecule has 0 aromatic heterocycles. The van der Waals surface area contributed by atoms with Crippen molar-refractivity contribution in [3.05, 3.63) is 71.8 Å². The number of nitrogens with one attached hydrogen (secondary N) is 1.